The third-order valence-electron chi connectivity index (χ3n) is 3.95. The molecular formula is C17H17FN2O3. The summed E-state index contributed by atoms with van der Waals surface area (Å²) >= 11 is 0. The van der Waals surface area contributed by atoms with Crippen LogP contribution >= 0.6 is 0 Å². The van der Waals surface area contributed by atoms with Gasteiger partial charge in [0.2, 0.25) is 0 Å². The van der Waals surface area contributed by atoms with Gasteiger partial charge in [0.1, 0.15) is 11.9 Å². The fraction of sp³-hybridized carbons (Fsp3) is 0.294. The van der Waals surface area contributed by atoms with Crippen LogP contribution < -0.4 is 5.56 Å². The molecule has 0 N–H and O–H groups in total. The number of aromatic nitrogens is 1. The van der Waals surface area contributed by atoms with Crippen molar-refractivity contribution >= 4 is 5.91 Å². The molecule has 1 aliphatic rings. The second kappa shape index (κ2) is 6.34. The molecule has 6 heteroatoms. The van der Waals surface area contributed by atoms with Gasteiger partial charge in [0.05, 0.1) is 13.2 Å². The van der Waals surface area contributed by atoms with Gasteiger partial charge in [-0.05, 0) is 23.8 Å². The molecule has 1 aromatic carbocycles. The Labute approximate surface area is 132 Å². The smallest absolute Gasteiger partial charge is 0.254 e. The topological polar surface area (TPSA) is 51.5 Å². The average Bonchev–Trinajstić information content (AvgIpc) is 2.57. The molecule has 1 aliphatic heterocycles. The Balaban J connectivity index is 1.77. The van der Waals surface area contributed by atoms with Gasteiger partial charge in [-0.1, -0.05) is 12.1 Å². The van der Waals surface area contributed by atoms with Crippen molar-refractivity contribution < 1.29 is 13.9 Å². The van der Waals surface area contributed by atoms with Crippen molar-refractivity contribution in [1.29, 1.82) is 0 Å². The molecule has 1 atom stereocenters. The summed E-state index contributed by atoms with van der Waals surface area (Å²) in [7, 11) is 1.63. The Morgan fingerprint density at radius 2 is 2.00 bits per heavy atom. The van der Waals surface area contributed by atoms with Crippen LogP contribution in [-0.2, 0) is 11.8 Å². The van der Waals surface area contributed by atoms with Crippen molar-refractivity contribution in [3.8, 4) is 0 Å². The molecule has 1 fully saturated rings. The summed E-state index contributed by atoms with van der Waals surface area (Å²) in [6.07, 6.45) is 1.29. The molecule has 5 nitrogen and oxygen atoms in total. The van der Waals surface area contributed by atoms with Crippen LogP contribution in [0, 0.1) is 5.82 Å². The highest BCUT2D eigenvalue weighted by Crippen LogP contribution is 2.23. The minimum Gasteiger partial charge on any atom is -0.370 e. The number of rotatable bonds is 2. The molecule has 23 heavy (non-hydrogen) atoms. The standard InChI is InChI=1S/C17H17FN2O3/c1-19-7-6-13(10-16(19)21)17(22)20-8-9-23-15(11-20)12-2-4-14(18)5-3-12/h2-7,10,15H,8-9,11H2,1H3. The lowest BCUT2D eigenvalue weighted by Crippen LogP contribution is -2.42. The van der Waals surface area contributed by atoms with E-state index in [1.807, 2.05) is 0 Å². The SMILES string of the molecule is Cn1ccc(C(=O)N2CCOC(c3ccc(F)cc3)C2)cc1=O. The molecule has 120 valence electrons. The normalized spacial score (nSPS) is 18.0. The second-order valence-electron chi connectivity index (χ2n) is 5.53. The molecule has 2 aromatic rings. The maximum Gasteiger partial charge on any atom is 0.254 e. The van der Waals surface area contributed by atoms with Gasteiger partial charge in [-0.3, -0.25) is 9.59 Å². The quantitative estimate of drug-likeness (QED) is 0.848. The van der Waals surface area contributed by atoms with Gasteiger partial charge < -0.3 is 14.2 Å². The van der Waals surface area contributed by atoms with Gasteiger partial charge in [-0.2, -0.15) is 0 Å². The van der Waals surface area contributed by atoms with Crippen LogP contribution in [0.5, 0.6) is 0 Å². The zero-order chi connectivity index (χ0) is 16.4. The molecule has 1 saturated heterocycles. The number of hydrogen-bond acceptors (Lipinski definition) is 3. The van der Waals surface area contributed by atoms with Crippen LogP contribution in [0.1, 0.15) is 22.0 Å². The van der Waals surface area contributed by atoms with E-state index in [1.54, 1.807) is 36.3 Å². The zero-order valence-electron chi connectivity index (χ0n) is 12.7. The first-order valence-electron chi connectivity index (χ1n) is 7.37. The predicted molar refractivity (Wildman–Crippen MR) is 82.7 cm³/mol. The van der Waals surface area contributed by atoms with E-state index in [4.69, 9.17) is 4.74 Å². The van der Waals surface area contributed by atoms with Gasteiger partial charge in [0.25, 0.3) is 11.5 Å². The molecule has 1 unspecified atom stereocenters. The number of aryl methyl sites for hydroxylation is 1. The van der Waals surface area contributed by atoms with Crippen LogP contribution in [0.3, 0.4) is 0 Å². The van der Waals surface area contributed by atoms with Crippen molar-refractivity contribution in [3.05, 3.63) is 69.9 Å². The number of nitrogens with zero attached hydrogens (tertiary/aromatic N) is 2. The van der Waals surface area contributed by atoms with E-state index in [-0.39, 0.29) is 23.4 Å². The van der Waals surface area contributed by atoms with Crippen LogP contribution in [-0.4, -0.2) is 35.1 Å². The number of carbonyl (C=O) groups is 1. The maximum absolute atomic E-state index is 13.0. The molecule has 2 heterocycles. The van der Waals surface area contributed by atoms with Crippen LogP contribution in [0.25, 0.3) is 0 Å². The summed E-state index contributed by atoms with van der Waals surface area (Å²) in [5.41, 5.74) is 0.972. The van der Waals surface area contributed by atoms with Crippen LogP contribution in [0.2, 0.25) is 0 Å². The Bertz CT molecular complexity index is 770. The fourth-order valence-electron chi connectivity index (χ4n) is 2.58. The summed E-state index contributed by atoms with van der Waals surface area (Å²) in [5.74, 6) is -0.504. The summed E-state index contributed by atoms with van der Waals surface area (Å²) < 4.78 is 20.1. The Kier molecular flexibility index (Phi) is 4.25. The molecule has 0 aliphatic carbocycles. The lowest BCUT2D eigenvalue weighted by Gasteiger charge is -2.33. The van der Waals surface area contributed by atoms with Crippen molar-refractivity contribution in [2.24, 2.45) is 7.05 Å². The van der Waals surface area contributed by atoms with E-state index in [0.717, 1.165) is 5.56 Å². The molecule has 1 aromatic heterocycles. The van der Waals surface area contributed by atoms with Crippen molar-refractivity contribution in [2.75, 3.05) is 19.7 Å². The number of ether oxygens (including phenoxy) is 1. The van der Waals surface area contributed by atoms with Gasteiger partial charge in [0, 0.05) is 31.4 Å². The summed E-state index contributed by atoms with van der Waals surface area (Å²) in [6, 6.07) is 9.04. The third-order valence-corrected chi connectivity index (χ3v) is 3.95. The average molecular weight is 316 g/mol. The van der Waals surface area contributed by atoms with E-state index in [2.05, 4.69) is 0 Å². The van der Waals surface area contributed by atoms with Gasteiger partial charge >= 0.3 is 0 Å². The number of amides is 1. The Hall–Kier alpha value is -2.47. The molecule has 1 amide bonds. The van der Waals surface area contributed by atoms with E-state index < -0.39 is 0 Å². The fourth-order valence-corrected chi connectivity index (χ4v) is 2.58. The molecule has 3 rings (SSSR count). The molecule has 0 spiro atoms. The molecule has 0 bridgehead atoms. The minimum absolute atomic E-state index is 0.196. The summed E-state index contributed by atoms with van der Waals surface area (Å²) in [6.45, 7) is 1.24. The molecular weight excluding hydrogens is 299 g/mol. The lowest BCUT2D eigenvalue weighted by atomic mass is 10.1. The van der Waals surface area contributed by atoms with Crippen molar-refractivity contribution in [2.45, 2.75) is 6.10 Å². The van der Waals surface area contributed by atoms with Crippen LogP contribution in [0.4, 0.5) is 4.39 Å². The first kappa shape index (κ1) is 15.4. The van der Waals surface area contributed by atoms with Gasteiger partial charge in [-0.15, -0.1) is 0 Å². The zero-order valence-corrected chi connectivity index (χ0v) is 12.7. The highest BCUT2D eigenvalue weighted by atomic mass is 19.1. The van der Waals surface area contributed by atoms with Gasteiger partial charge in [0.15, 0.2) is 0 Å². The Morgan fingerprint density at radius 1 is 1.26 bits per heavy atom. The van der Waals surface area contributed by atoms with E-state index in [9.17, 15) is 14.0 Å². The van der Waals surface area contributed by atoms with Crippen molar-refractivity contribution in [3.63, 3.8) is 0 Å². The first-order chi connectivity index (χ1) is 11.0. The lowest BCUT2D eigenvalue weighted by molar-refractivity contribution is -0.0228. The summed E-state index contributed by atoms with van der Waals surface area (Å²) in [4.78, 5) is 25.9. The molecule has 0 saturated carbocycles. The third kappa shape index (κ3) is 3.32. The van der Waals surface area contributed by atoms with E-state index in [1.165, 1.54) is 22.8 Å². The number of pyridine rings is 1. The number of benzene rings is 1. The van der Waals surface area contributed by atoms with Crippen LogP contribution in [0.15, 0.2) is 47.4 Å². The minimum atomic E-state index is -0.308. The second-order valence-corrected chi connectivity index (χ2v) is 5.53. The van der Waals surface area contributed by atoms with E-state index in [0.29, 0.717) is 25.3 Å². The maximum atomic E-state index is 13.0. The molecule has 0 radical (unpaired) electrons. The van der Waals surface area contributed by atoms with E-state index >= 15 is 0 Å². The van der Waals surface area contributed by atoms with Gasteiger partial charge in [-0.25, -0.2) is 4.39 Å². The summed E-state index contributed by atoms with van der Waals surface area (Å²) in [5, 5.41) is 0. The first-order valence-corrected chi connectivity index (χ1v) is 7.37. The monoisotopic (exact) mass is 316 g/mol. The number of halogens is 1. The highest BCUT2D eigenvalue weighted by molar-refractivity contribution is 5.94. The Morgan fingerprint density at radius 3 is 2.70 bits per heavy atom. The number of hydrogen-bond donors (Lipinski definition) is 0. The number of morpholine rings is 1. The largest absolute Gasteiger partial charge is 0.370 e. The number of carbonyl (C=O) groups excluding carboxylic acids is 1. The highest BCUT2D eigenvalue weighted by Gasteiger charge is 2.26. The van der Waals surface area contributed by atoms with Crippen molar-refractivity contribution in [1.82, 2.24) is 9.47 Å². The predicted octanol–water partition coefficient (Wildman–Crippen LogP) is 1.74.